The van der Waals surface area contributed by atoms with Crippen molar-refractivity contribution in [3.05, 3.63) is 35.4 Å². The summed E-state index contributed by atoms with van der Waals surface area (Å²) < 4.78 is 0. The number of fused-ring (bicyclic) bond motifs is 1. The maximum absolute atomic E-state index is 11.5. The highest BCUT2D eigenvalue weighted by Gasteiger charge is 2.28. The van der Waals surface area contributed by atoms with Crippen molar-refractivity contribution in [2.45, 2.75) is 12.8 Å². The molecule has 0 aliphatic carbocycles. The van der Waals surface area contributed by atoms with E-state index in [2.05, 4.69) is 0 Å². The Kier molecular flexibility index (Phi) is 1.90. The lowest BCUT2D eigenvalue weighted by atomic mass is 9.98. The van der Waals surface area contributed by atoms with Crippen molar-refractivity contribution < 1.29 is 9.90 Å². The Balaban J connectivity index is 2.49. The lowest BCUT2D eigenvalue weighted by molar-refractivity contribution is 0.0142. The van der Waals surface area contributed by atoms with Gasteiger partial charge in [-0.1, -0.05) is 24.3 Å². The van der Waals surface area contributed by atoms with E-state index in [1.165, 1.54) is 0 Å². The Morgan fingerprint density at radius 2 is 2.15 bits per heavy atom. The van der Waals surface area contributed by atoms with Crippen molar-refractivity contribution in [3.63, 3.8) is 0 Å². The first-order valence-corrected chi connectivity index (χ1v) is 4.20. The highest BCUT2D eigenvalue weighted by Crippen LogP contribution is 2.20. The fourth-order valence-electron chi connectivity index (χ4n) is 1.59. The van der Waals surface area contributed by atoms with E-state index in [9.17, 15) is 9.90 Å². The van der Waals surface area contributed by atoms with Gasteiger partial charge in [-0.15, -0.1) is 0 Å². The van der Waals surface area contributed by atoms with Crippen molar-refractivity contribution in [2.24, 2.45) is 0 Å². The van der Waals surface area contributed by atoms with Gasteiger partial charge in [-0.3, -0.25) is 9.69 Å². The van der Waals surface area contributed by atoms with Crippen molar-refractivity contribution in [1.82, 2.24) is 4.90 Å². The largest absolute Gasteiger partial charge is 0.371 e. The summed E-state index contributed by atoms with van der Waals surface area (Å²) in [5, 5.41) is 9.47. The minimum absolute atomic E-state index is 0.204. The number of aliphatic hydroxyl groups excluding tert-OH is 1. The summed E-state index contributed by atoms with van der Waals surface area (Å²) in [7, 11) is 1.73. The first kappa shape index (κ1) is 8.41. The number of Topliss-reactive ketones (excluding diaryl/α,β-unsaturated/α-hetero) is 1. The fourth-order valence-corrected chi connectivity index (χ4v) is 1.59. The molecule has 1 N–H and O–H groups in total. The number of rotatable bonds is 0. The summed E-state index contributed by atoms with van der Waals surface area (Å²) in [6, 6.07) is 7.38. The average Bonchev–Trinajstić information content (AvgIpc) is 2.15. The summed E-state index contributed by atoms with van der Waals surface area (Å²) in [6.45, 7) is 0.628. The van der Waals surface area contributed by atoms with Crippen LogP contribution in [0.5, 0.6) is 0 Å². The van der Waals surface area contributed by atoms with Gasteiger partial charge in [-0.05, 0) is 12.6 Å². The molecule has 0 bridgehead atoms. The molecule has 2 rings (SSSR count). The molecular formula is C10H11NO2. The molecule has 0 amide bonds. The smallest absolute Gasteiger partial charge is 0.206 e. The quantitative estimate of drug-likeness (QED) is 0.632. The minimum Gasteiger partial charge on any atom is -0.371 e. The summed E-state index contributed by atoms with van der Waals surface area (Å²) in [6.07, 6.45) is -0.977. The van der Waals surface area contributed by atoms with Gasteiger partial charge in [-0.2, -0.15) is 0 Å². The number of hydrogen-bond acceptors (Lipinski definition) is 3. The Hall–Kier alpha value is -1.19. The molecule has 0 spiro atoms. The van der Waals surface area contributed by atoms with Crippen molar-refractivity contribution in [2.75, 3.05) is 7.05 Å². The van der Waals surface area contributed by atoms with E-state index in [1.54, 1.807) is 18.0 Å². The van der Waals surface area contributed by atoms with Crippen LogP contribution in [0.15, 0.2) is 24.3 Å². The number of ketones is 1. The predicted octanol–water partition coefficient (Wildman–Crippen LogP) is 0.633. The van der Waals surface area contributed by atoms with Gasteiger partial charge in [0.25, 0.3) is 0 Å². The third-order valence-corrected chi connectivity index (χ3v) is 2.35. The van der Waals surface area contributed by atoms with Crippen molar-refractivity contribution >= 4 is 5.78 Å². The van der Waals surface area contributed by atoms with Gasteiger partial charge in [-0.25, -0.2) is 0 Å². The molecule has 0 fully saturated rings. The molecule has 1 aromatic rings. The molecule has 0 saturated heterocycles. The molecule has 1 unspecified atom stereocenters. The van der Waals surface area contributed by atoms with Gasteiger partial charge in [0.2, 0.25) is 5.78 Å². The number of benzene rings is 1. The predicted molar refractivity (Wildman–Crippen MR) is 48.2 cm³/mol. The van der Waals surface area contributed by atoms with E-state index in [-0.39, 0.29) is 5.78 Å². The zero-order valence-electron chi connectivity index (χ0n) is 7.40. The lowest BCUT2D eigenvalue weighted by Gasteiger charge is -2.28. The topological polar surface area (TPSA) is 40.5 Å². The second-order valence-electron chi connectivity index (χ2n) is 3.31. The summed E-state index contributed by atoms with van der Waals surface area (Å²) in [5.74, 6) is -0.204. The molecule has 1 aliphatic rings. The molecule has 0 saturated carbocycles. The zero-order chi connectivity index (χ0) is 9.42. The highest BCUT2D eigenvalue weighted by molar-refractivity contribution is 6.01. The maximum Gasteiger partial charge on any atom is 0.206 e. The van der Waals surface area contributed by atoms with Crippen LogP contribution in [0.25, 0.3) is 0 Å². The van der Waals surface area contributed by atoms with E-state index < -0.39 is 6.23 Å². The number of hydrogen-bond donors (Lipinski definition) is 1. The van der Waals surface area contributed by atoms with Crippen LogP contribution in [0.3, 0.4) is 0 Å². The van der Waals surface area contributed by atoms with Crippen LogP contribution in [0, 0.1) is 0 Å². The van der Waals surface area contributed by atoms with Crippen LogP contribution < -0.4 is 0 Å². The van der Waals surface area contributed by atoms with Crippen LogP contribution >= 0.6 is 0 Å². The van der Waals surface area contributed by atoms with Gasteiger partial charge in [0.15, 0.2) is 6.23 Å². The highest BCUT2D eigenvalue weighted by atomic mass is 16.3. The minimum atomic E-state index is -0.977. The van der Waals surface area contributed by atoms with Crippen molar-refractivity contribution in [3.8, 4) is 0 Å². The molecule has 1 aromatic carbocycles. The Bertz CT molecular complexity index is 349. The monoisotopic (exact) mass is 177 g/mol. The Morgan fingerprint density at radius 1 is 1.46 bits per heavy atom. The maximum atomic E-state index is 11.5. The van der Waals surface area contributed by atoms with E-state index in [4.69, 9.17) is 0 Å². The van der Waals surface area contributed by atoms with Crippen LogP contribution in [-0.4, -0.2) is 29.1 Å². The molecule has 0 aromatic heterocycles. The molecule has 1 atom stereocenters. The standard InChI is InChI=1S/C10H11NO2/c1-11-6-7-4-2-3-5-8(7)9(12)10(11)13/h2-5,10,13H,6H2,1H3. The molecule has 3 heteroatoms. The van der Waals surface area contributed by atoms with Crippen LogP contribution in [-0.2, 0) is 6.54 Å². The fraction of sp³-hybridized carbons (Fsp3) is 0.300. The summed E-state index contributed by atoms with van der Waals surface area (Å²) in [4.78, 5) is 13.2. The Labute approximate surface area is 76.6 Å². The normalized spacial score (nSPS) is 22.9. The van der Waals surface area contributed by atoms with Gasteiger partial charge < -0.3 is 5.11 Å². The van der Waals surface area contributed by atoms with E-state index in [0.29, 0.717) is 12.1 Å². The van der Waals surface area contributed by atoms with Gasteiger partial charge in [0.05, 0.1) is 0 Å². The second-order valence-corrected chi connectivity index (χ2v) is 3.31. The second kappa shape index (κ2) is 2.94. The van der Waals surface area contributed by atoms with Crippen molar-refractivity contribution in [1.29, 1.82) is 0 Å². The molecule has 1 heterocycles. The zero-order valence-corrected chi connectivity index (χ0v) is 7.40. The third kappa shape index (κ3) is 1.26. The van der Waals surface area contributed by atoms with Crippen LogP contribution in [0.4, 0.5) is 0 Å². The number of likely N-dealkylation sites (N-methyl/N-ethyl adjacent to an activating group) is 1. The Morgan fingerprint density at radius 3 is 2.92 bits per heavy atom. The number of carbonyl (C=O) groups excluding carboxylic acids is 1. The lowest BCUT2D eigenvalue weighted by Crippen LogP contribution is -2.42. The first-order chi connectivity index (χ1) is 6.20. The molecular weight excluding hydrogens is 166 g/mol. The van der Waals surface area contributed by atoms with E-state index >= 15 is 0 Å². The molecule has 13 heavy (non-hydrogen) atoms. The van der Waals surface area contributed by atoms with E-state index in [0.717, 1.165) is 5.56 Å². The van der Waals surface area contributed by atoms with Gasteiger partial charge >= 0.3 is 0 Å². The summed E-state index contributed by atoms with van der Waals surface area (Å²) in [5.41, 5.74) is 1.63. The number of carbonyl (C=O) groups is 1. The number of nitrogens with zero attached hydrogens (tertiary/aromatic N) is 1. The van der Waals surface area contributed by atoms with Crippen LogP contribution in [0.1, 0.15) is 15.9 Å². The van der Waals surface area contributed by atoms with Gasteiger partial charge in [0.1, 0.15) is 0 Å². The van der Waals surface area contributed by atoms with Gasteiger partial charge in [0, 0.05) is 12.1 Å². The SMILES string of the molecule is CN1Cc2ccccc2C(=O)C1O. The third-order valence-electron chi connectivity index (χ3n) is 2.35. The van der Waals surface area contributed by atoms with E-state index in [1.807, 2.05) is 18.2 Å². The molecule has 3 nitrogen and oxygen atoms in total. The first-order valence-electron chi connectivity index (χ1n) is 4.20. The number of aliphatic hydroxyl groups is 1. The molecule has 68 valence electrons. The molecule has 0 radical (unpaired) electrons. The summed E-state index contributed by atoms with van der Waals surface area (Å²) >= 11 is 0. The van der Waals surface area contributed by atoms with Crippen LogP contribution in [0.2, 0.25) is 0 Å². The molecule has 1 aliphatic heterocycles. The average molecular weight is 177 g/mol.